The van der Waals surface area contributed by atoms with Crippen LogP contribution >= 0.6 is 15.9 Å². The Morgan fingerprint density at radius 1 is 1.29 bits per heavy atom. The van der Waals surface area contributed by atoms with Gasteiger partial charge in [0.15, 0.2) is 17.6 Å². The van der Waals surface area contributed by atoms with E-state index in [0.29, 0.717) is 39.0 Å². The van der Waals surface area contributed by atoms with Gasteiger partial charge in [0.1, 0.15) is 0 Å². The van der Waals surface area contributed by atoms with Crippen LogP contribution in [0.1, 0.15) is 19.4 Å². The zero-order chi connectivity index (χ0) is 22.5. The molecule has 0 saturated carbocycles. The maximum Gasteiger partial charge on any atom is 0.349 e. The van der Waals surface area contributed by atoms with Gasteiger partial charge in [-0.1, -0.05) is 12.1 Å². The number of methoxy groups -OCH3 is 1. The fourth-order valence-electron chi connectivity index (χ4n) is 2.81. The van der Waals surface area contributed by atoms with Gasteiger partial charge in [-0.3, -0.25) is 4.79 Å². The maximum absolute atomic E-state index is 12.6. The highest BCUT2D eigenvalue weighted by molar-refractivity contribution is 9.10. The van der Waals surface area contributed by atoms with Crippen LogP contribution in [0, 0.1) is 0 Å². The molecule has 1 aromatic heterocycles. The molecule has 9 nitrogen and oxygen atoms in total. The number of rotatable bonds is 7. The lowest BCUT2D eigenvalue weighted by atomic mass is 10.2. The van der Waals surface area contributed by atoms with Gasteiger partial charge >= 0.3 is 11.7 Å². The van der Waals surface area contributed by atoms with Crippen LogP contribution in [0.15, 0.2) is 55.6 Å². The molecule has 0 aliphatic rings. The first-order chi connectivity index (χ1) is 14.8. The fourth-order valence-corrected chi connectivity index (χ4v) is 3.37. The number of halogens is 1. The summed E-state index contributed by atoms with van der Waals surface area (Å²) in [6.07, 6.45) is 0.501. The van der Waals surface area contributed by atoms with E-state index in [1.807, 2.05) is 0 Å². The van der Waals surface area contributed by atoms with Crippen molar-refractivity contribution in [1.82, 2.24) is 9.66 Å². The minimum Gasteiger partial charge on any atom is -0.490 e. The van der Waals surface area contributed by atoms with Gasteiger partial charge in [0.05, 0.1) is 35.3 Å². The minimum absolute atomic E-state index is 0.317. The van der Waals surface area contributed by atoms with Crippen molar-refractivity contribution in [2.75, 3.05) is 13.7 Å². The van der Waals surface area contributed by atoms with Crippen LogP contribution in [0.5, 0.6) is 11.5 Å². The van der Waals surface area contributed by atoms with Gasteiger partial charge in [-0.25, -0.2) is 9.59 Å². The van der Waals surface area contributed by atoms with Crippen molar-refractivity contribution in [3.8, 4) is 11.5 Å². The van der Waals surface area contributed by atoms with E-state index in [1.54, 1.807) is 50.2 Å². The number of H-pyrrole nitrogens is 1. The van der Waals surface area contributed by atoms with Crippen molar-refractivity contribution in [2.24, 2.45) is 5.10 Å². The molecule has 0 fully saturated rings. The molecular weight excluding hydrogens is 470 g/mol. The molecule has 0 aliphatic carbocycles. The predicted molar refractivity (Wildman–Crippen MR) is 119 cm³/mol. The molecule has 0 radical (unpaired) electrons. The molecule has 1 atom stereocenters. The lowest BCUT2D eigenvalue weighted by Crippen LogP contribution is -2.32. The second-order valence-corrected chi connectivity index (χ2v) is 7.24. The topological polar surface area (TPSA) is 112 Å². The second-order valence-electron chi connectivity index (χ2n) is 6.38. The molecule has 3 rings (SSSR count). The van der Waals surface area contributed by atoms with Crippen LogP contribution in [0.2, 0.25) is 0 Å². The predicted octanol–water partition coefficient (Wildman–Crippen LogP) is 2.67. The van der Waals surface area contributed by atoms with Gasteiger partial charge < -0.3 is 19.2 Å². The van der Waals surface area contributed by atoms with Gasteiger partial charge in [0.2, 0.25) is 0 Å². The Morgan fingerprint density at radius 2 is 2.03 bits per heavy atom. The maximum atomic E-state index is 12.6. The molecule has 162 valence electrons. The summed E-state index contributed by atoms with van der Waals surface area (Å²) in [5.41, 5.74) is -0.220. The molecule has 0 amide bonds. The van der Waals surface area contributed by atoms with Crippen LogP contribution in [-0.4, -0.2) is 41.7 Å². The standard InChI is InChI=1S/C21H20BrN3O6/c1-4-30-17-10-13(9-15(22)18(17)31-12(2)20(27)29-3)11-23-25-19(26)14-7-5-6-8-16(14)24-21(25)28/h5-12H,4H2,1-3H3,(H,24,28). The molecule has 0 saturated heterocycles. The first-order valence-corrected chi connectivity index (χ1v) is 10.1. The Morgan fingerprint density at radius 3 is 2.74 bits per heavy atom. The number of ether oxygens (including phenoxy) is 3. The smallest absolute Gasteiger partial charge is 0.349 e. The lowest BCUT2D eigenvalue weighted by molar-refractivity contribution is -0.147. The Bertz CT molecular complexity index is 1260. The highest BCUT2D eigenvalue weighted by atomic mass is 79.9. The number of benzene rings is 2. The molecule has 1 heterocycles. The summed E-state index contributed by atoms with van der Waals surface area (Å²) >= 11 is 3.40. The van der Waals surface area contributed by atoms with E-state index >= 15 is 0 Å². The number of nitrogens with zero attached hydrogens (tertiary/aromatic N) is 2. The number of aromatic nitrogens is 2. The second kappa shape index (κ2) is 9.61. The summed E-state index contributed by atoms with van der Waals surface area (Å²) in [6.45, 7) is 3.71. The molecule has 31 heavy (non-hydrogen) atoms. The van der Waals surface area contributed by atoms with E-state index in [2.05, 4.69) is 30.8 Å². The van der Waals surface area contributed by atoms with E-state index in [9.17, 15) is 14.4 Å². The Kier molecular flexibility index (Phi) is 6.91. The van der Waals surface area contributed by atoms with Crippen molar-refractivity contribution in [3.63, 3.8) is 0 Å². The fraction of sp³-hybridized carbons (Fsp3) is 0.238. The molecule has 3 aromatic rings. The Balaban J connectivity index is 2.00. The van der Waals surface area contributed by atoms with Gasteiger partial charge in [-0.2, -0.15) is 5.10 Å². The van der Waals surface area contributed by atoms with Crippen LogP contribution in [0.4, 0.5) is 0 Å². The Labute approximate surface area is 185 Å². The van der Waals surface area contributed by atoms with Crippen molar-refractivity contribution in [3.05, 3.63) is 67.3 Å². The highest BCUT2D eigenvalue weighted by Crippen LogP contribution is 2.37. The van der Waals surface area contributed by atoms with Crippen molar-refractivity contribution >= 4 is 39.0 Å². The van der Waals surface area contributed by atoms with E-state index in [1.165, 1.54) is 13.3 Å². The van der Waals surface area contributed by atoms with Gasteiger partial charge in [-0.15, -0.1) is 4.68 Å². The van der Waals surface area contributed by atoms with Crippen molar-refractivity contribution < 1.29 is 19.0 Å². The molecule has 10 heteroatoms. The zero-order valence-electron chi connectivity index (χ0n) is 17.0. The third-order valence-electron chi connectivity index (χ3n) is 4.27. The molecule has 0 spiro atoms. The average Bonchev–Trinajstić information content (AvgIpc) is 2.75. The lowest BCUT2D eigenvalue weighted by Gasteiger charge is -2.17. The number of carbonyl (C=O) groups excluding carboxylic acids is 1. The summed E-state index contributed by atoms with van der Waals surface area (Å²) < 4.78 is 17.2. The number of carbonyl (C=O) groups is 1. The van der Waals surface area contributed by atoms with Crippen LogP contribution in [0.25, 0.3) is 10.9 Å². The molecule has 0 bridgehead atoms. The number of para-hydroxylation sites is 1. The van der Waals surface area contributed by atoms with Crippen molar-refractivity contribution in [1.29, 1.82) is 0 Å². The van der Waals surface area contributed by atoms with Gasteiger partial charge in [0, 0.05) is 0 Å². The largest absolute Gasteiger partial charge is 0.490 e. The summed E-state index contributed by atoms with van der Waals surface area (Å²) in [6, 6.07) is 9.96. The van der Waals surface area contributed by atoms with Gasteiger partial charge in [0.25, 0.3) is 5.56 Å². The van der Waals surface area contributed by atoms with Crippen molar-refractivity contribution in [2.45, 2.75) is 20.0 Å². The molecule has 1 unspecified atom stereocenters. The van der Waals surface area contributed by atoms with E-state index in [4.69, 9.17) is 9.47 Å². The molecular formula is C21H20BrN3O6. The summed E-state index contributed by atoms with van der Waals surface area (Å²) in [5, 5.41) is 4.39. The number of nitrogens with one attached hydrogen (secondary N) is 1. The number of aromatic amines is 1. The first kappa shape index (κ1) is 22.3. The van der Waals surface area contributed by atoms with E-state index < -0.39 is 23.3 Å². The molecule has 2 aromatic carbocycles. The normalized spacial score (nSPS) is 12.1. The molecule has 0 aliphatic heterocycles. The first-order valence-electron chi connectivity index (χ1n) is 9.35. The third-order valence-corrected chi connectivity index (χ3v) is 4.85. The van der Waals surface area contributed by atoms with Crippen LogP contribution in [-0.2, 0) is 9.53 Å². The van der Waals surface area contributed by atoms with E-state index in [0.717, 1.165) is 4.68 Å². The zero-order valence-corrected chi connectivity index (χ0v) is 18.6. The Hall–Kier alpha value is -3.40. The minimum atomic E-state index is -0.852. The summed E-state index contributed by atoms with van der Waals surface area (Å²) in [7, 11) is 1.27. The highest BCUT2D eigenvalue weighted by Gasteiger charge is 2.20. The van der Waals surface area contributed by atoms with Gasteiger partial charge in [-0.05, 0) is 59.6 Å². The van der Waals surface area contributed by atoms with Crippen LogP contribution in [0.3, 0.4) is 0 Å². The summed E-state index contributed by atoms with van der Waals surface area (Å²) in [4.78, 5) is 39.2. The average molecular weight is 490 g/mol. The van der Waals surface area contributed by atoms with E-state index in [-0.39, 0.29) is 0 Å². The number of esters is 1. The monoisotopic (exact) mass is 489 g/mol. The SMILES string of the molecule is CCOc1cc(C=Nn2c(=O)[nH]c3ccccc3c2=O)cc(Br)c1OC(C)C(=O)OC. The summed E-state index contributed by atoms with van der Waals surface area (Å²) in [5.74, 6) is 0.140. The number of hydrogen-bond donors (Lipinski definition) is 1. The number of hydrogen-bond acceptors (Lipinski definition) is 7. The molecule has 1 N–H and O–H groups in total. The quantitative estimate of drug-likeness (QED) is 0.403. The third kappa shape index (κ3) is 4.85. The van der Waals surface area contributed by atoms with Crippen LogP contribution < -0.4 is 20.7 Å². The number of fused-ring (bicyclic) bond motifs is 1.